The summed E-state index contributed by atoms with van der Waals surface area (Å²) >= 11 is 3.46. The highest BCUT2D eigenvalue weighted by Gasteiger charge is 1.95. The first-order valence-electron chi connectivity index (χ1n) is 6.71. The number of hydrogen-bond donors (Lipinski definition) is 1. The third-order valence-electron chi connectivity index (χ3n) is 2.72. The van der Waals surface area contributed by atoms with Crippen molar-refractivity contribution in [1.29, 1.82) is 0 Å². The zero-order valence-electron chi connectivity index (χ0n) is 11.4. The molecule has 18 heavy (non-hydrogen) atoms. The van der Waals surface area contributed by atoms with E-state index in [0.29, 0.717) is 6.61 Å². The molecule has 0 atom stereocenters. The Balaban J connectivity index is 1.96. The van der Waals surface area contributed by atoms with E-state index in [1.54, 1.807) is 0 Å². The molecule has 3 heteroatoms. The Labute approximate surface area is 119 Å². The molecule has 0 aliphatic rings. The van der Waals surface area contributed by atoms with Gasteiger partial charge in [-0.05, 0) is 43.0 Å². The molecule has 1 N–H and O–H groups in total. The molecule has 0 unspecified atom stereocenters. The fourth-order valence-electron chi connectivity index (χ4n) is 1.72. The topological polar surface area (TPSA) is 21.3 Å². The molecule has 0 aliphatic carbocycles. The van der Waals surface area contributed by atoms with Crippen LogP contribution in [0.1, 0.15) is 32.3 Å². The van der Waals surface area contributed by atoms with Crippen LogP contribution in [-0.4, -0.2) is 19.7 Å². The minimum atomic E-state index is 0.688. The number of rotatable bonds is 9. The minimum Gasteiger partial charge on any atom is -0.375 e. The number of hydrogen-bond acceptors (Lipinski definition) is 2. The second-order valence-corrected chi connectivity index (χ2v) is 5.88. The van der Waals surface area contributed by atoms with Crippen molar-refractivity contribution in [1.82, 2.24) is 5.32 Å². The number of benzene rings is 1. The summed E-state index contributed by atoms with van der Waals surface area (Å²) in [5.41, 5.74) is 1.21. The van der Waals surface area contributed by atoms with Gasteiger partial charge in [-0.2, -0.15) is 0 Å². The molecule has 1 aromatic rings. The van der Waals surface area contributed by atoms with E-state index in [0.717, 1.165) is 30.1 Å². The molecule has 2 nitrogen and oxygen atoms in total. The Bertz CT molecular complexity index is 328. The molecule has 0 fully saturated rings. The van der Waals surface area contributed by atoms with Crippen molar-refractivity contribution in [2.24, 2.45) is 5.92 Å². The van der Waals surface area contributed by atoms with Crippen molar-refractivity contribution in [2.75, 3.05) is 19.7 Å². The van der Waals surface area contributed by atoms with Crippen molar-refractivity contribution in [2.45, 2.75) is 33.3 Å². The van der Waals surface area contributed by atoms with Gasteiger partial charge in [0.05, 0.1) is 13.2 Å². The molecule has 0 aliphatic heterocycles. The summed E-state index contributed by atoms with van der Waals surface area (Å²) in [4.78, 5) is 0. The lowest BCUT2D eigenvalue weighted by molar-refractivity contribution is 0.122. The predicted molar refractivity (Wildman–Crippen MR) is 80.7 cm³/mol. The van der Waals surface area contributed by atoms with E-state index in [-0.39, 0.29) is 0 Å². The molecule has 0 aromatic heterocycles. The van der Waals surface area contributed by atoms with Gasteiger partial charge in [-0.3, -0.25) is 0 Å². The summed E-state index contributed by atoms with van der Waals surface area (Å²) in [7, 11) is 0. The number of nitrogens with one attached hydrogen (secondary N) is 1. The maximum Gasteiger partial charge on any atom is 0.0717 e. The van der Waals surface area contributed by atoms with E-state index in [4.69, 9.17) is 4.74 Å². The SMILES string of the molecule is CC(C)CCCNCCOCc1cccc(Br)c1. The molecule has 102 valence electrons. The van der Waals surface area contributed by atoms with Crippen LogP contribution in [0.5, 0.6) is 0 Å². The van der Waals surface area contributed by atoms with E-state index in [1.807, 2.05) is 12.1 Å². The third-order valence-corrected chi connectivity index (χ3v) is 3.21. The Morgan fingerprint density at radius 2 is 2.11 bits per heavy atom. The van der Waals surface area contributed by atoms with E-state index in [1.165, 1.54) is 18.4 Å². The van der Waals surface area contributed by atoms with Gasteiger partial charge < -0.3 is 10.1 Å². The van der Waals surface area contributed by atoms with Crippen LogP contribution in [0, 0.1) is 5.92 Å². The fourth-order valence-corrected chi connectivity index (χ4v) is 2.17. The van der Waals surface area contributed by atoms with Gasteiger partial charge in [0.15, 0.2) is 0 Å². The summed E-state index contributed by atoms with van der Waals surface area (Å²) in [5, 5.41) is 3.40. The van der Waals surface area contributed by atoms with Crippen molar-refractivity contribution in [3.8, 4) is 0 Å². The first-order valence-corrected chi connectivity index (χ1v) is 7.50. The Morgan fingerprint density at radius 1 is 1.28 bits per heavy atom. The summed E-state index contributed by atoms with van der Waals surface area (Å²) in [6.45, 7) is 8.02. The van der Waals surface area contributed by atoms with Crippen molar-refractivity contribution >= 4 is 15.9 Å². The van der Waals surface area contributed by atoms with Crippen LogP contribution in [0.4, 0.5) is 0 Å². The van der Waals surface area contributed by atoms with Gasteiger partial charge in [0.25, 0.3) is 0 Å². The third kappa shape index (κ3) is 7.85. The normalized spacial score (nSPS) is 11.1. The van der Waals surface area contributed by atoms with E-state index < -0.39 is 0 Å². The van der Waals surface area contributed by atoms with Gasteiger partial charge >= 0.3 is 0 Å². The van der Waals surface area contributed by atoms with Crippen LogP contribution in [0.3, 0.4) is 0 Å². The van der Waals surface area contributed by atoms with Crippen molar-refractivity contribution in [3.05, 3.63) is 34.3 Å². The lowest BCUT2D eigenvalue weighted by atomic mass is 10.1. The predicted octanol–water partition coefficient (Wildman–Crippen LogP) is 3.99. The van der Waals surface area contributed by atoms with Crippen molar-refractivity contribution < 1.29 is 4.74 Å². The summed E-state index contributed by atoms with van der Waals surface area (Å²) < 4.78 is 6.73. The molecule has 0 spiro atoms. The molecule has 0 heterocycles. The van der Waals surface area contributed by atoms with Crippen LogP contribution >= 0.6 is 15.9 Å². The smallest absolute Gasteiger partial charge is 0.0717 e. The second-order valence-electron chi connectivity index (χ2n) is 4.97. The standard InChI is InChI=1S/C15H24BrNO/c1-13(2)5-4-8-17-9-10-18-12-14-6-3-7-15(16)11-14/h3,6-7,11,13,17H,4-5,8-10,12H2,1-2H3. The average molecular weight is 314 g/mol. The summed E-state index contributed by atoms with van der Waals surface area (Å²) in [5.74, 6) is 0.805. The van der Waals surface area contributed by atoms with E-state index >= 15 is 0 Å². The van der Waals surface area contributed by atoms with Gasteiger partial charge in [0.1, 0.15) is 0 Å². The molecule has 0 bridgehead atoms. The largest absolute Gasteiger partial charge is 0.375 e. The first kappa shape index (κ1) is 15.7. The van der Waals surface area contributed by atoms with Gasteiger partial charge in [0.2, 0.25) is 0 Å². The van der Waals surface area contributed by atoms with Crippen LogP contribution in [-0.2, 0) is 11.3 Å². The highest BCUT2D eigenvalue weighted by molar-refractivity contribution is 9.10. The lowest BCUT2D eigenvalue weighted by Crippen LogP contribution is -2.21. The van der Waals surface area contributed by atoms with E-state index in [9.17, 15) is 0 Å². The van der Waals surface area contributed by atoms with Crippen LogP contribution in [0.2, 0.25) is 0 Å². The Morgan fingerprint density at radius 3 is 2.83 bits per heavy atom. The molecule has 0 amide bonds. The Kier molecular flexibility index (Phi) is 8.31. The van der Waals surface area contributed by atoms with Gasteiger partial charge in [-0.1, -0.05) is 41.9 Å². The maximum absolute atomic E-state index is 5.62. The first-order chi connectivity index (χ1) is 8.68. The second kappa shape index (κ2) is 9.54. The van der Waals surface area contributed by atoms with Crippen molar-refractivity contribution in [3.63, 3.8) is 0 Å². The zero-order chi connectivity index (χ0) is 13.2. The van der Waals surface area contributed by atoms with Crippen LogP contribution in [0.15, 0.2) is 28.7 Å². The van der Waals surface area contributed by atoms with Crippen LogP contribution < -0.4 is 5.32 Å². The average Bonchev–Trinajstić information content (AvgIpc) is 2.32. The molecule has 0 saturated carbocycles. The monoisotopic (exact) mass is 313 g/mol. The van der Waals surface area contributed by atoms with E-state index in [2.05, 4.69) is 47.2 Å². The van der Waals surface area contributed by atoms with Gasteiger partial charge in [-0.25, -0.2) is 0 Å². The van der Waals surface area contributed by atoms with Gasteiger partial charge in [0, 0.05) is 11.0 Å². The quantitative estimate of drug-likeness (QED) is 0.696. The molecular weight excluding hydrogens is 290 g/mol. The highest BCUT2D eigenvalue weighted by Crippen LogP contribution is 2.12. The molecular formula is C15H24BrNO. The summed E-state index contributed by atoms with van der Waals surface area (Å²) in [6.07, 6.45) is 2.55. The number of ether oxygens (including phenoxy) is 1. The zero-order valence-corrected chi connectivity index (χ0v) is 13.0. The molecule has 0 saturated heterocycles. The highest BCUT2D eigenvalue weighted by atomic mass is 79.9. The maximum atomic E-state index is 5.62. The van der Waals surface area contributed by atoms with Crippen LogP contribution in [0.25, 0.3) is 0 Å². The minimum absolute atomic E-state index is 0.688. The Hall–Kier alpha value is -0.380. The molecule has 1 aromatic carbocycles. The molecule has 1 rings (SSSR count). The number of halogens is 1. The summed E-state index contributed by atoms with van der Waals surface area (Å²) in [6, 6.07) is 8.24. The fraction of sp³-hybridized carbons (Fsp3) is 0.600. The molecule has 0 radical (unpaired) electrons. The van der Waals surface area contributed by atoms with Gasteiger partial charge in [-0.15, -0.1) is 0 Å². The lowest BCUT2D eigenvalue weighted by Gasteiger charge is -2.07.